The van der Waals surface area contributed by atoms with E-state index in [0.29, 0.717) is 23.0 Å². The zero-order valence-corrected chi connectivity index (χ0v) is 13.9. The minimum absolute atomic E-state index is 0.263. The lowest BCUT2D eigenvalue weighted by Crippen LogP contribution is -2.04. The number of nitrogen functional groups attached to an aromatic ring is 1. The maximum absolute atomic E-state index is 11.5. The van der Waals surface area contributed by atoms with E-state index in [1.165, 1.54) is 6.26 Å². The second kappa shape index (κ2) is 5.25. The number of nitrogens with one attached hydrogen (secondary N) is 1. The van der Waals surface area contributed by atoms with Crippen molar-refractivity contribution >= 4 is 48.7 Å². The number of anilines is 3. The van der Waals surface area contributed by atoms with Crippen LogP contribution in [0.1, 0.15) is 0 Å². The molecule has 0 aliphatic heterocycles. The number of halogens is 1. The van der Waals surface area contributed by atoms with Gasteiger partial charge in [-0.3, -0.25) is 0 Å². The molecular formula is C13H12BrN5O2S. The number of nitrogens with two attached hydrogens (primary N) is 1. The summed E-state index contributed by atoms with van der Waals surface area (Å²) in [6.45, 7) is 0. The molecule has 7 nitrogen and oxygen atoms in total. The van der Waals surface area contributed by atoms with Gasteiger partial charge in [-0.2, -0.15) is 9.61 Å². The molecule has 3 N–H and O–H groups in total. The van der Waals surface area contributed by atoms with Crippen molar-refractivity contribution in [3.63, 3.8) is 0 Å². The van der Waals surface area contributed by atoms with Crippen LogP contribution >= 0.6 is 15.9 Å². The van der Waals surface area contributed by atoms with Gasteiger partial charge in [0.1, 0.15) is 11.6 Å². The van der Waals surface area contributed by atoms with E-state index in [1.54, 1.807) is 41.0 Å². The predicted octanol–water partition coefficient (Wildman–Crippen LogP) is 2.22. The van der Waals surface area contributed by atoms with Gasteiger partial charge in [-0.1, -0.05) is 0 Å². The molecule has 2 heterocycles. The maximum atomic E-state index is 11.5. The van der Waals surface area contributed by atoms with E-state index in [1.807, 2.05) is 0 Å². The Balaban J connectivity index is 2.00. The second-order valence-corrected chi connectivity index (χ2v) is 7.59. The Hall–Kier alpha value is -2.13. The fourth-order valence-corrected chi connectivity index (χ4v) is 2.96. The first-order chi connectivity index (χ1) is 10.3. The molecule has 3 rings (SSSR count). The predicted molar refractivity (Wildman–Crippen MR) is 87.9 cm³/mol. The summed E-state index contributed by atoms with van der Waals surface area (Å²) in [6, 6.07) is 8.09. The summed E-state index contributed by atoms with van der Waals surface area (Å²) < 4.78 is 25.3. The number of hydrogen-bond donors (Lipinski definition) is 2. The van der Waals surface area contributed by atoms with Crippen molar-refractivity contribution in [2.45, 2.75) is 4.90 Å². The monoisotopic (exact) mass is 381 g/mol. The highest BCUT2D eigenvalue weighted by Gasteiger charge is 2.10. The van der Waals surface area contributed by atoms with Crippen LogP contribution < -0.4 is 11.1 Å². The van der Waals surface area contributed by atoms with Crippen LogP contribution in [-0.4, -0.2) is 29.3 Å². The van der Waals surface area contributed by atoms with E-state index in [9.17, 15) is 8.42 Å². The van der Waals surface area contributed by atoms with E-state index in [-0.39, 0.29) is 4.90 Å². The molecule has 0 aliphatic carbocycles. The molecule has 9 heteroatoms. The molecule has 2 aromatic heterocycles. The summed E-state index contributed by atoms with van der Waals surface area (Å²) in [6.07, 6.45) is 2.80. The van der Waals surface area contributed by atoms with Crippen molar-refractivity contribution in [1.29, 1.82) is 0 Å². The zero-order valence-electron chi connectivity index (χ0n) is 11.5. The third-order valence-corrected chi connectivity index (χ3v) is 4.69. The van der Waals surface area contributed by atoms with Crippen molar-refractivity contribution in [3.8, 4) is 0 Å². The summed E-state index contributed by atoms with van der Waals surface area (Å²) in [7, 11) is -3.21. The minimum atomic E-state index is -3.21. The quantitative estimate of drug-likeness (QED) is 0.720. The first-order valence-electron chi connectivity index (χ1n) is 6.21. The van der Waals surface area contributed by atoms with Gasteiger partial charge in [0, 0.05) is 18.0 Å². The van der Waals surface area contributed by atoms with Gasteiger partial charge in [-0.15, -0.1) is 0 Å². The molecule has 0 unspecified atom stereocenters. The lowest BCUT2D eigenvalue weighted by molar-refractivity contribution is 0.602. The topological polar surface area (TPSA) is 102 Å². The minimum Gasteiger partial charge on any atom is -0.384 e. The molecule has 0 spiro atoms. The molecular weight excluding hydrogens is 370 g/mol. The highest BCUT2D eigenvalue weighted by molar-refractivity contribution is 9.10. The molecule has 0 amide bonds. The number of sulfone groups is 1. The van der Waals surface area contributed by atoms with Crippen molar-refractivity contribution < 1.29 is 8.42 Å². The Labute approximate surface area is 135 Å². The lowest BCUT2D eigenvalue weighted by Gasteiger charge is -2.09. The molecule has 0 radical (unpaired) electrons. The van der Waals surface area contributed by atoms with Crippen LogP contribution in [0.25, 0.3) is 5.65 Å². The Kier molecular flexibility index (Phi) is 3.53. The third-order valence-electron chi connectivity index (χ3n) is 3.00. The molecule has 0 saturated heterocycles. The van der Waals surface area contributed by atoms with Gasteiger partial charge >= 0.3 is 0 Å². The first kappa shape index (κ1) is 14.8. The molecule has 1 aromatic carbocycles. The third kappa shape index (κ3) is 2.77. The van der Waals surface area contributed by atoms with Crippen LogP contribution in [0.3, 0.4) is 0 Å². The highest BCUT2D eigenvalue weighted by Crippen LogP contribution is 2.24. The van der Waals surface area contributed by atoms with E-state index in [2.05, 4.69) is 31.3 Å². The Bertz CT molecular complexity index is 950. The Morgan fingerprint density at radius 3 is 2.59 bits per heavy atom. The lowest BCUT2D eigenvalue weighted by atomic mass is 10.3. The number of benzene rings is 1. The van der Waals surface area contributed by atoms with Gasteiger partial charge in [0.05, 0.1) is 15.6 Å². The van der Waals surface area contributed by atoms with E-state index < -0.39 is 9.84 Å². The van der Waals surface area contributed by atoms with Gasteiger partial charge in [0.15, 0.2) is 15.5 Å². The zero-order chi connectivity index (χ0) is 15.9. The van der Waals surface area contributed by atoms with Gasteiger partial charge in [0.25, 0.3) is 0 Å². The van der Waals surface area contributed by atoms with Crippen LogP contribution in [0.15, 0.2) is 45.9 Å². The van der Waals surface area contributed by atoms with Gasteiger partial charge < -0.3 is 11.1 Å². The largest absolute Gasteiger partial charge is 0.384 e. The van der Waals surface area contributed by atoms with Crippen LogP contribution in [-0.2, 0) is 9.84 Å². The molecule has 0 fully saturated rings. The number of aromatic nitrogens is 3. The van der Waals surface area contributed by atoms with Gasteiger partial charge in [0.2, 0.25) is 0 Å². The molecule has 0 atom stereocenters. The summed E-state index contributed by atoms with van der Waals surface area (Å²) in [5, 5.41) is 7.35. The molecule has 0 bridgehead atoms. The standard InChI is InChI=1S/C13H12BrN5O2S/c1-22(20,21)9-4-2-8(3-5-9)17-12-6-11(15)18-13-10(14)7-16-19(12)13/h2-7,17H,1H3,(H2,15,18). The van der Waals surface area contributed by atoms with Crippen LogP contribution in [0.5, 0.6) is 0 Å². The molecule has 3 aromatic rings. The van der Waals surface area contributed by atoms with Crippen molar-refractivity contribution in [3.05, 3.63) is 41.0 Å². The molecule has 22 heavy (non-hydrogen) atoms. The highest BCUT2D eigenvalue weighted by atomic mass is 79.9. The molecule has 0 aliphatic rings. The summed E-state index contributed by atoms with van der Waals surface area (Å²) in [5.41, 5.74) is 7.10. The second-order valence-electron chi connectivity index (χ2n) is 4.72. The number of fused-ring (bicyclic) bond motifs is 1. The number of hydrogen-bond acceptors (Lipinski definition) is 6. The number of rotatable bonds is 3. The summed E-state index contributed by atoms with van der Waals surface area (Å²) in [4.78, 5) is 4.46. The molecule has 0 saturated carbocycles. The summed E-state index contributed by atoms with van der Waals surface area (Å²) in [5.74, 6) is 0.976. The van der Waals surface area contributed by atoms with E-state index in [4.69, 9.17) is 5.73 Å². The van der Waals surface area contributed by atoms with Gasteiger partial charge in [-0.25, -0.2) is 13.4 Å². The van der Waals surface area contributed by atoms with Crippen molar-refractivity contribution in [2.24, 2.45) is 0 Å². The van der Waals surface area contributed by atoms with Crippen molar-refractivity contribution in [2.75, 3.05) is 17.3 Å². The van der Waals surface area contributed by atoms with Crippen LogP contribution in [0, 0.1) is 0 Å². The SMILES string of the molecule is CS(=O)(=O)c1ccc(Nc2cc(N)nc3c(Br)cnn23)cc1. The van der Waals surface area contributed by atoms with E-state index >= 15 is 0 Å². The summed E-state index contributed by atoms with van der Waals surface area (Å²) >= 11 is 3.36. The first-order valence-corrected chi connectivity index (χ1v) is 8.90. The maximum Gasteiger partial charge on any atom is 0.175 e. The van der Waals surface area contributed by atoms with Crippen LogP contribution in [0.2, 0.25) is 0 Å². The number of nitrogens with zero attached hydrogens (tertiary/aromatic N) is 3. The Morgan fingerprint density at radius 2 is 1.95 bits per heavy atom. The average molecular weight is 382 g/mol. The molecule has 114 valence electrons. The van der Waals surface area contributed by atoms with Crippen LogP contribution in [0.4, 0.5) is 17.3 Å². The smallest absolute Gasteiger partial charge is 0.175 e. The average Bonchev–Trinajstić information content (AvgIpc) is 2.80. The fraction of sp³-hybridized carbons (Fsp3) is 0.0769. The normalized spacial score (nSPS) is 11.7. The van der Waals surface area contributed by atoms with Crippen molar-refractivity contribution in [1.82, 2.24) is 14.6 Å². The van der Waals surface area contributed by atoms with E-state index in [0.717, 1.165) is 4.47 Å². The fourth-order valence-electron chi connectivity index (χ4n) is 1.98. The van der Waals surface area contributed by atoms with Gasteiger partial charge in [-0.05, 0) is 40.2 Å². The Morgan fingerprint density at radius 1 is 1.27 bits per heavy atom.